The summed E-state index contributed by atoms with van der Waals surface area (Å²) in [6.07, 6.45) is 6.72. The molecule has 0 radical (unpaired) electrons. The molecule has 0 N–H and O–H groups in total. The molecule has 3 rings (SSSR count). The zero-order valence-corrected chi connectivity index (χ0v) is 14.2. The van der Waals surface area contributed by atoms with Crippen LogP contribution in [0.2, 0.25) is 0 Å². The van der Waals surface area contributed by atoms with E-state index in [9.17, 15) is 4.79 Å². The number of pyridine rings is 1. The average molecular weight is 330 g/mol. The van der Waals surface area contributed by atoms with Crippen LogP contribution in [0.4, 0.5) is 0 Å². The molecule has 0 spiro atoms. The molecule has 1 amide bonds. The first-order chi connectivity index (χ1) is 11.5. The zero-order chi connectivity index (χ0) is 17.2. The van der Waals surface area contributed by atoms with Crippen LogP contribution in [0.5, 0.6) is 0 Å². The van der Waals surface area contributed by atoms with E-state index in [1.165, 1.54) is 0 Å². The lowest BCUT2D eigenvalue weighted by molar-refractivity contribution is -0.143. The van der Waals surface area contributed by atoms with Gasteiger partial charge in [-0.25, -0.2) is 4.98 Å². The maximum atomic E-state index is 12.9. The van der Waals surface area contributed by atoms with Gasteiger partial charge >= 0.3 is 0 Å². The lowest BCUT2D eigenvalue weighted by Gasteiger charge is -2.42. The smallest absolute Gasteiger partial charge is 0.272 e. The second-order valence-electron chi connectivity index (χ2n) is 6.51. The third-order valence-corrected chi connectivity index (χ3v) is 3.89. The third-order valence-electron chi connectivity index (χ3n) is 3.89. The molecule has 1 saturated heterocycles. The molecule has 0 aromatic carbocycles. The van der Waals surface area contributed by atoms with Gasteiger partial charge in [0.2, 0.25) is 0 Å². The van der Waals surface area contributed by atoms with E-state index in [-0.39, 0.29) is 12.0 Å². The highest BCUT2D eigenvalue weighted by Crippen LogP contribution is 2.23. The lowest BCUT2D eigenvalue weighted by atomic mass is 10.0. The number of amides is 1. The van der Waals surface area contributed by atoms with Crippen molar-refractivity contribution >= 4 is 5.91 Å². The molecule has 3 heterocycles. The predicted octanol–water partition coefficient (Wildman–Crippen LogP) is 1.53. The summed E-state index contributed by atoms with van der Waals surface area (Å²) in [5.74, 6) is -0.102. The van der Waals surface area contributed by atoms with Crippen molar-refractivity contribution in [3.8, 4) is 5.69 Å². The van der Waals surface area contributed by atoms with Crippen molar-refractivity contribution in [2.24, 2.45) is 0 Å². The molecule has 128 valence electrons. The van der Waals surface area contributed by atoms with Gasteiger partial charge in [0.25, 0.3) is 5.91 Å². The Labute approximate surface area is 141 Å². The van der Waals surface area contributed by atoms with Crippen LogP contribution in [-0.4, -0.2) is 63.9 Å². The Bertz CT molecular complexity index is 700. The lowest BCUT2D eigenvalue weighted by Crippen LogP contribution is -2.55. The summed E-state index contributed by atoms with van der Waals surface area (Å²) in [6.45, 7) is 5.42. The molecular formula is C17H22N4O3. The number of morpholine rings is 1. The molecular weight excluding hydrogens is 308 g/mol. The van der Waals surface area contributed by atoms with Gasteiger partial charge in [-0.15, -0.1) is 0 Å². The van der Waals surface area contributed by atoms with Crippen molar-refractivity contribution < 1.29 is 14.3 Å². The average Bonchev–Trinajstić information content (AvgIpc) is 3.07. The van der Waals surface area contributed by atoms with Crippen molar-refractivity contribution in [1.29, 1.82) is 0 Å². The Kier molecular flexibility index (Phi) is 4.64. The van der Waals surface area contributed by atoms with Crippen LogP contribution < -0.4 is 0 Å². The number of methoxy groups -OCH3 is 1. The van der Waals surface area contributed by atoms with Crippen molar-refractivity contribution in [1.82, 2.24) is 19.4 Å². The van der Waals surface area contributed by atoms with Crippen LogP contribution >= 0.6 is 0 Å². The normalized spacial score (nSPS) is 20.1. The molecule has 1 unspecified atom stereocenters. The van der Waals surface area contributed by atoms with Gasteiger partial charge in [0.1, 0.15) is 5.69 Å². The van der Waals surface area contributed by atoms with Gasteiger partial charge in [0, 0.05) is 38.8 Å². The minimum atomic E-state index is -0.418. The number of hydrogen-bond donors (Lipinski definition) is 0. The Balaban J connectivity index is 1.81. The van der Waals surface area contributed by atoms with Crippen LogP contribution in [0.3, 0.4) is 0 Å². The SMILES string of the molecule is COCC1CN(C(=O)c2cc(-n3ccnc3)ccn2)CC(C)(C)O1. The first kappa shape index (κ1) is 16.6. The summed E-state index contributed by atoms with van der Waals surface area (Å²) in [5, 5.41) is 0. The molecule has 2 aromatic rings. The Morgan fingerprint density at radius 3 is 3.00 bits per heavy atom. The number of hydrogen-bond acceptors (Lipinski definition) is 5. The number of carbonyl (C=O) groups excluding carboxylic acids is 1. The van der Waals surface area contributed by atoms with Gasteiger partial charge < -0.3 is 18.9 Å². The molecule has 1 fully saturated rings. The van der Waals surface area contributed by atoms with E-state index in [1.54, 1.807) is 36.8 Å². The van der Waals surface area contributed by atoms with E-state index in [1.807, 2.05) is 30.7 Å². The highest BCUT2D eigenvalue weighted by atomic mass is 16.5. The number of imidazole rings is 1. The quantitative estimate of drug-likeness (QED) is 0.850. The van der Waals surface area contributed by atoms with E-state index in [0.29, 0.717) is 25.4 Å². The maximum absolute atomic E-state index is 12.9. The summed E-state index contributed by atoms with van der Waals surface area (Å²) in [4.78, 5) is 23.0. The monoisotopic (exact) mass is 330 g/mol. The van der Waals surface area contributed by atoms with E-state index in [2.05, 4.69) is 9.97 Å². The van der Waals surface area contributed by atoms with Crippen LogP contribution in [0.25, 0.3) is 5.69 Å². The second-order valence-corrected chi connectivity index (χ2v) is 6.51. The first-order valence-corrected chi connectivity index (χ1v) is 7.89. The standard InChI is InChI=1S/C17H22N4O3/c1-17(2)11-21(9-14(24-17)10-23-3)16(22)15-8-13(4-5-19-15)20-7-6-18-12-20/h4-8,12,14H,9-11H2,1-3H3. The molecule has 7 nitrogen and oxygen atoms in total. The first-order valence-electron chi connectivity index (χ1n) is 7.89. The summed E-state index contributed by atoms with van der Waals surface area (Å²) in [7, 11) is 1.63. The second kappa shape index (κ2) is 6.70. The predicted molar refractivity (Wildman–Crippen MR) is 88.1 cm³/mol. The molecule has 7 heteroatoms. The molecule has 0 saturated carbocycles. The van der Waals surface area contributed by atoms with E-state index in [0.717, 1.165) is 5.69 Å². The van der Waals surface area contributed by atoms with Crippen LogP contribution in [0.15, 0.2) is 37.1 Å². The minimum Gasteiger partial charge on any atom is -0.382 e. The summed E-state index contributed by atoms with van der Waals surface area (Å²) < 4.78 is 13.0. The molecule has 0 bridgehead atoms. The van der Waals surface area contributed by atoms with Crippen LogP contribution in [0.1, 0.15) is 24.3 Å². The fourth-order valence-corrected chi connectivity index (χ4v) is 2.99. The summed E-state index contributed by atoms with van der Waals surface area (Å²) in [6, 6.07) is 3.62. The summed E-state index contributed by atoms with van der Waals surface area (Å²) in [5.41, 5.74) is 0.848. The largest absolute Gasteiger partial charge is 0.382 e. The van der Waals surface area contributed by atoms with Gasteiger partial charge in [-0.1, -0.05) is 0 Å². The highest BCUT2D eigenvalue weighted by Gasteiger charge is 2.36. The Hall–Kier alpha value is -2.25. The summed E-state index contributed by atoms with van der Waals surface area (Å²) >= 11 is 0. The number of nitrogens with zero attached hydrogens (tertiary/aromatic N) is 4. The van der Waals surface area contributed by atoms with Crippen molar-refractivity contribution in [3.05, 3.63) is 42.7 Å². The molecule has 1 atom stereocenters. The number of rotatable bonds is 4. The van der Waals surface area contributed by atoms with Crippen molar-refractivity contribution in [2.45, 2.75) is 25.6 Å². The maximum Gasteiger partial charge on any atom is 0.272 e. The van der Waals surface area contributed by atoms with Crippen LogP contribution in [0, 0.1) is 0 Å². The van der Waals surface area contributed by atoms with Crippen LogP contribution in [-0.2, 0) is 9.47 Å². The van der Waals surface area contributed by atoms with Gasteiger partial charge in [0.15, 0.2) is 0 Å². The Morgan fingerprint density at radius 2 is 2.29 bits per heavy atom. The number of aromatic nitrogens is 3. The number of carbonyl (C=O) groups is 1. The van der Waals surface area contributed by atoms with Gasteiger partial charge in [-0.3, -0.25) is 9.78 Å². The topological polar surface area (TPSA) is 69.5 Å². The van der Waals surface area contributed by atoms with E-state index in [4.69, 9.17) is 9.47 Å². The molecule has 1 aliphatic heterocycles. The fraction of sp³-hybridized carbons (Fsp3) is 0.471. The van der Waals surface area contributed by atoms with Gasteiger partial charge in [0.05, 0.1) is 30.3 Å². The zero-order valence-electron chi connectivity index (χ0n) is 14.2. The molecule has 0 aliphatic carbocycles. The minimum absolute atomic E-state index is 0.102. The van der Waals surface area contributed by atoms with Crippen molar-refractivity contribution in [3.63, 3.8) is 0 Å². The highest BCUT2D eigenvalue weighted by molar-refractivity contribution is 5.93. The Morgan fingerprint density at radius 1 is 1.46 bits per heavy atom. The van der Waals surface area contributed by atoms with E-state index < -0.39 is 5.60 Å². The molecule has 2 aromatic heterocycles. The fourth-order valence-electron chi connectivity index (χ4n) is 2.99. The van der Waals surface area contributed by atoms with E-state index >= 15 is 0 Å². The third kappa shape index (κ3) is 3.63. The molecule has 1 aliphatic rings. The van der Waals surface area contributed by atoms with Crippen molar-refractivity contribution in [2.75, 3.05) is 26.8 Å². The molecule has 24 heavy (non-hydrogen) atoms. The number of ether oxygens (including phenoxy) is 2. The van der Waals surface area contributed by atoms with Gasteiger partial charge in [-0.05, 0) is 26.0 Å². The van der Waals surface area contributed by atoms with Gasteiger partial charge in [-0.2, -0.15) is 0 Å².